The number of aromatic nitrogens is 3. The number of hydrogen-bond acceptors (Lipinski definition) is 6. The lowest BCUT2D eigenvalue weighted by Crippen LogP contribution is -2.30. The molecule has 3 aromatic rings. The number of carboxylic acid groups (broad SMARTS) is 1. The number of nitrogens with two attached hydrogens (primary N) is 1. The quantitative estimate of drug-likeness (QED) is 0.575. The molecule has 0 aliphatic carbocycles. The van der Waals surface area contributed by atoms with Crippen molar-refractivity contribution >= 4 is 16.2 Å². The van der Waals surface area contributed by atoms with Crippen LogP contribution in [0.3, 0.4) is 0 Å². The molecule has 0 fully saturated rings. The number of carboxylic acids is 1. The van der Waals surface area contributed by atoms with Gasteiger partial charge in [0, 0.05) is 18.9 Å². The molecular formula is C19H21N5O4S. The summed E-state index contributed by atoms with van der Waals surface area (Å²) < 4.78 is 23.3. The van der Waals surface area contributed by atoms with Gasteiger partial charge in [0.1, 0.15) is 5.69 Å². The van der Waals surface area contributed by atoms with Crippen molar-refractivity contribution in [3.8, 4) is 11.5 Å². The lowest BCUT2D eigenvalue weighted by atomic mass is 10.1. The molecule has 2 heterocycles. The molecule has 152 valence electrons. The minimum absolute atomic E-state index is 0.111. The highest BCUT2D eigenvalue weighted by Crippen LogP contribution is 2.13. The number of benzene rings is 1. The second-order valence-corrected chi connectivity index (χ2v) is 7.45. The van der Waals surface area contributed by atoms with Gasteiger partial charge < -0.3 is 5.11 Å². The molecule has 2 aromatic heterocycles. The molecule has 0 amide bonds. The first-order chi connectivity index (χ1) is 13.7. The summed E-state index contributed by atoms with van der Waals surface area (Å²) in [6, 6.07) is 12.9. The molecule has 0 saturated carbocycles. The number of aryl methyl sites for hydroxylation is 2. The largest absolute Gasteiger partial charge is 0.478 e. The Balaban J connectivity index is 0.000000212. The summed E-state index contributed by atoms with van der Waals surface area (Å²) in [4.78, 5) is 23.0. The number of hydrogen-bond donors (Lipinski definition) is 3. The van der Waals surface area contributed by atoms with Gasteiger partial charge in [-0.25, -0.2) is 19.9 Å². The van der Waals surface area contributed by atoms with Gasteiger partial charge in [0.05, 0.1) is 11.3 Å². The Morgan fingerprint density at radius 2 is 1.90 bits per heavy atom. The third-order valence-electron chi connectivity index (χ3n) is 3.66. The van der Waals surface area contributed by atoms with Crippen LogP contribution in [0.2, 0.25) is 0 Å². The van der Waals surface area contributed by atoms with Crippen molar-refractivity contribution in [1.29, 1.82) is 0 Å². The van der Waals surface area contributed by atoms with Crippen molar-refractivity contribution in [2.24, 2.45) is 5.14 Å². The number of nitrogens with zero attached hydrogens (tertiary/aromatic N) is 3. The molecular weight excluding hydrogens is 394 g/mol. The summed E-state index contributed by atoms with van der Waals surface area (Å²) in [6.07, 6.45) is 2.94. The minimum atomic E-state index is -3.59. The zero-order valence-electron chi connectivity index (χ0n) is 15.9. The molecule has 3 rings (SSSR count). The Bertz CT molecular complexity index is 1090. The van der Waals surface area contributed by atoms with Crippen LogP contribution >= 0.6 is 0 Å². The molecule has 9 nitrogen and oxygen atoms in total. The summed E-state index contributed by atoms with van der Waals surface area (Å²) >= 11 is 0. The first kappa shape index (κ1) is 22.1. The molecule has 0 unspecified atom stereocenters. The molecule has 0 bridgehead atoms. The van der Waals surface area contributed by atoms with Crippen LogP contribution in [0.25, 0.3) is 11.5 Å². The highest BCUT2D eigenvalue weighted by atomic mass is 32.2. The maximum atomic E-state index is 10.8. The van der Waals surface area contributed by atoms with E-state index in [1.165, 1.54) is 6.20 Å². The fourth-order valence-electron chi connectivity index (χ4n) is 2.30. The molecule has 0 atom stereocenters. The van der Waals surface area contributed by atoms with E-state index in [1.54, 1.807) is 25.3 Å². The number of aromatic carboxylic acids is 1. The van der Waals surface area contributed by atoms with Gasteiger partial charge in [-0.2, -0.15) is 13.1 Å². The van der Waals surface area contributed by atoms with E-state index in [-0.39, 0.29) is 12.1 Å². The van der Waals surface area contributed by atoms with Crippen LogP contribution < -0.4 is 9.86 Å². The van der Waals surface area contributed by atoms with Crippen molar-refractivity contribution in [2.45, 2.75) is 20.4 Å². The topological polar surface area (TPSA) is 148 Å². The van der Waals surface area contributed by atoms with Crippen molar-refractivity contribution in [2.75, 3.05) is 0 Å². The highest BCUT2D eigenvalue weighted by molar-refractivity contribution is 7.87. The Hall–Kier alpha value is -3.21. The van der Waals surface area contributed by atoms with Crippen LogP contribution in [-0.4, -0.2) is 34.4 Å². The monoisotopic (exact) mass is 415 g/mol. The fraction of sp³-hybridized carbons (Fsp3) is 0.158. The number of carbonyl (C=O) groups is 1. The van der Waals surface area contributed by atoms with Crippen LogP contribution in [0.15, 0.2) is 54.9 Å². The van der Waals surface area contributed by atoms with Gasteiger partial charge in [-0.1, -0.05) is 35.9 Å². The van der Waals surface area contributed by atoms with Gasteiger partial charge >= 0.3 is 5.97 Å². The first-order valence-corrected chi connectivity index (χ1v) is 10.0. The van der Waals surface area contributed by atoms with Crippen LogP contribution in [0, 0.1) is 13.8 Å². The molecule has 0 aliphatic heterocycles. The average molecular weight is 415 g/mol. The molecule has 10 heteroatoms. The smallest absolute Gasteiger partial charge is 0.339 e. The maximum absolute atomic E-state index is 10.8. The first-order valence-electron chi connectivity index (χ1n) is 8.47. The van der Waals surface area contributed by atoms with Crippen molar-refractivity contribution in [3.05, 3.63) is 77.2 Å². The van der Waals surface area contributed by atoms with Crippen LogP contribution in [0.1, 0.15) is 27.2 Å². The van der Waals surface area contributed by atoms with Crippen LogP contribution in [0.5, 0.6) is 0 Å². The summed E-state index contributed by atoms with van der Waals surface area (Å²) in [5.74, 6) is -0.590. The van der Waals surface area contributed by atoms with E-state index in [1.807, 2.05) is 37.3 Å². The summed E-state index contributed by atoms with van der Waals surface area (Å²) in [6.45, 7) is 3.82. The second-order valence-electron chi connectivity index (χ2n) is 6.07. The molecule has 1 aromatic carbocycles. The molecule has 4 N–H and O–H groups in total. The van der Waals surface area contributed by atoms with E-state index in [0.717, 1.165) is 11.1 Å². The van der Waals surface area contributed by atoms with Crippen molar-refractivity contribution < 1.29 is 18.3 Å². The van der Waals surface area contributed by atoms with E-state index in [2.05, 4.69) is 19.7 Å². The normalized spacial score (nSPS) is 10.7. The Morgan fingerprint density at radius 3 is 2.45 bits per heavy atom. The number of pyridine rings is 1. The summed E-state index contributed by atoms with van der Waals surface area (Å²) in [7, 11) is -3.59. The van der Waals surface area contributed by atoms with Gasteiger partial charge in [0.25, 0.3) is 10.2 Å². The van der Waals surface area contributed by atoms with Crippen molar-refractivity contribution in [3.63, 3.8) is 0 Å². The van der Waals surface area contributed by atoms with Crippen LogP contribution in [-0.2, 0) is 16.8 Å². The lowest BCUT2D eigenvalue weighted by molar-refractivity contribution is 0.0695. The SMILES string of the molecule is Cc1cccc(CNS(N)(=O)=O)c1.Cc1nc(-c2ccccn2)ncc1C(=O)O. The van der Waals surface area contributed by atoms with Gasteiger partial charge in [0.15, 0.2) is 5.82 Å². The lowest BCUT2D eigenvalue weighted by Gasteiger charge is -2.02. The Morgan fingerprint density at radius 1 is 1.14 bits per heavy atom. The standard InChI is InChI=1S/C11H9N3O2.C8H12N2O2S/c1-7-8(11(15)16)6-13-10(14-7)9-4-2-3-5-12-9;1-7-3-2-4-8(5-7)6-10-13(9,11)12/h2-6H,1H3,(H,15,16);2-5,10H,6H2,1H3,(H2,9,11,12). The fourth-order valence-corrected chi connectivity index (χ4v) is 2.67. The Labute approximate surface area is 168 Å². The summed E-state index contributed by atoms with van der Waals surface area (Å²) in [5, 5.41) is 13.6. The van der Waals surface area contributed by atoms with Gasteiger partial charge in [-0.05, 0) is 31.5 Å². The van der Waals surface area contributed by atoms with E-state index >= 15 is 0 Å². The third kappa shape index (κ3) is 7.37. The van der Waals surface area contributed by atoms with Crippen molar-refractivity contribution in [1.82, 2.24) is 19.7 Å². The van der Waals surface area contributed by atoms with Gasteiger partial charge in [-0.3, -0.25) is 4.98 Å². The Kier molecular flexibility index (Phi) is 7.48. The van der Waals surface area contributed by atoms with Gasteiger partial charge in [0.2, 0.25) is 0 Å². The van der Waals surface area contributed by atoms with Crippen LogP contribution in [0.4, 0.5) is 0 Å². The van der Waals surface area contributed by atoms with Gasteiger partial charge in [-0.15, -0.1) is 0 Å². The summed E-state index contributed by atoms with van der Waals surface area (Å²) in [5.41, 5.74) is 3.16. The zero-order valence-corrected chi connectivity index (χ0v) is 16.7. The molecule has 0 saturated heterocycles. The van der Waals surface area contributed by atoms with E-state index in [4.69, 9.17) is 10.2 Å². The van der Waals surface area contributed by atoms with E-state index in [0.29, 0.717) is 17.2 Å². The highest BCUT2D eigenvalue weighted by Gasteiger charge is 2.11. The molecule has 0 spiro atoms. The average Bonchev–Trinajstić information content (AvgIpc) is 2.67. The third-order valence-corrected chi connectivity index (χ3v) is 4.21. The van der Waals surface area contributed by atoms with E-state index in [9.17, 15) is 13.2 Å². The number of rotatable bonds is 5. The minimum Gasteiger partial charge on any atom is -0.478 e. The number of nitrogens with one attached hydrogen (secondary N) is 1. The van der Waals surface area contributed by atoms with E-state index < -0.39 is 16.2 Å². The second kappa shape index (κ2) is 9.82. The maximum Gasteiger partial charge on any atom is 0.339 e. The predicted molar refractivity (Wildman–Crippen MR) is 108 cm³/mol. The predicted octanol–water partition coefficient (Wildman–Crippen LogP) is 1.83. The zero-order chi connectivity index (χ0) is 21.4. The molecule has 29 heavy (non-hydrogen) atoms. The molecule has 0 aliphatic rings. The molecule has 0 radical (unpaired) electrons.